The first-order valence-electron chi connectivity index (χ1n) is 10.00. The first kappa shape index (κ1) is 16.7. The summed E-state index contributed by atoms with van der Waals surface area (Å²) in [7, 11) is 0. The number of rotatable bonds is 1. The second-order valence-electron chi connectivity index (χ2n) is 8.25. The van der Waals surface area contributed by atoms with Crippen LogP contribution in [-0.4, -0.2) is 31.4 Å². The molecule has 2 aromatic carbocycles. The molecule has 2 unspecified atom stereocenters. The van der Waals surface area contributed by atoms with Crippen LogP contribution >= 0.6 is 11.8 Å². The third kappa shape index (κ3) is 2.51. The van der Waals surface area contributed by atoms with Crippen LogP contribution in [0.3, 0.4) is 0 Å². The second-order valence-corrected chi connectivity index (χ2v) is 9.38. The topological polar surface area (TPSA) is 15.3 Å². The van der Waals surface area contributed by atoms with E-state index in [0.717, 1.165) is 13.1 Å². The number of benzene rings is 2. The van der Waals surface area contributed by atoms with Crippen LogP contribution in [0.4, 0.5) is 5.69 Å². The lowest BCUT2D eigenvalue weighted by Crippen LogP contribution is -2.44. The summed E-state index contributed by atoms with van der Waals surface area (Å²) in [5.74, 6) is 1.90. The van der Waals surface area contributed by atoms with Gasteiger partial charge in [0.2, 0.25) is 0 Å². The van der Waals surface area contributed by atoms with Crippen LogP contribution in [0.1, 0.15) is 41.0 Å². The molecule has 0 amide bonds. The zero-order valence-electron chi connectivity index (χ0n) is 16.1. The largest absolute Gasteiger partial charge is 0.367 e. The van der Waals surface area contributed by atoms with Gasteiger partial charge in [-0.15, -0.1) is 11.8 Å². The predicted molar refractivity (Wildman–Crippen MR) is 113 cm³/mol. The molecule has 2 aromatic rings. The van der Waals surface area contributed by atoms with Crippen molar-refractivity contribution in [1.82, 2.24) is 5.32 Å². The van der Waals surface area contributed by atoms with Crippen molar-refractivity contribution < 1.29 is 0 Å². The number of hydrogen-bond acceptors (Lipinski definition) is 3. The Kier molecular flexibility index (Phi) is 4.06. The molecule has 0 saturated carbocycles. The SMILES string of the molecule is Cc1cc(C)c(-c2cc3c4c(c2)C2CNCCC2N4CCCS3)c(C)c1. The number of anilines is 1. The van der Waals surface area contributed by atoms with Gasteiger partial charge in [-0.05, 0) is 85.9 Å². The molecule has 1 fully saturated rings. The third-order valence-electron chi connectivity index (χ3n) is 6.40. The van der Waals surface area contributed by atoms with E-state index in [9.17, 15) is 0 Å². The highest BCUT2D eigenvalue weighted by Crippen LogP contribution is 2.51. The minimum atomic E-state index is 0.655. The number of nitrogens with zero attached hydrogens (tertiary/aromatic N) is 1. The number of hydrogen-bond donors (Lipinski definition) is 1. The van der Waals surface area contributed by atoms with Crippen LogP contribution < -0.4 is 10.2 Å². The summed E-state index contributed by atoms with van der Waals surface area (Å²) < 4.78 is 0. The van der Waals surface area contributed by atoms with Gasteiger partial charge >= 0.3 is 0 Å². The molecule has 0 radical (unpaired) electrons. The fraction of sp³-hybridized carbons (Fsp3) is 0.478. The lowest BCUT2D eigenvalue weighted by Gasteiger charge is -2.33. The molecule has 5 rings (SSSR count). The first-order valence-corrected chi connectivity index (χ1v) is 11.0. The molecule has 2 atom stereocenters. The lowest BCUT2D eigenvalue weighted by atomic mass is 9.87. The minimum absolute atomic E-state index is 0.655. The summed E-state index contributed by atoms with van der Waals surface area (Å²) in [6, 6.07) is 10.4. The zero-order chi connectivity index (χ0) is 17.8. The highest BCUT2D eigenvalue weighted by atomic mass is 32.2. The quantitative estimate of drug-likeness (QED) is 0.763. The second kappa shape index (κ2) is 6.31. The summed E-state index contributed by atoms with van der Waals surface area (Å²) in [5.41, 5.74) is 10.2. The Bertz CT molecular complexity index is 850. The molecule has 136 valence electrons. The highest BCUT2D eigenvalue weighted by molar-refractivity contribution is 7.99. The normalized spacial score (nSPS) is 24.2. The number of fused-ring (bicyclic) bond motifs is 3. The van der Waals surface area contributed by atoms with Crippen LogP contribution in [0.25, 0.3) is 11.1 Å². The Morgan fingerprint density at radius 3 is 2.69 bits per heavy atom. The molecule has 3 heterocycles. The average Bonchev–Trinajstić information content (AvgIpc) is 2.77. The summed E-state index contributed by atoms with van der Waals surface area (Å²) >= 11 is 2.07. The van der Waals surface area contributed by atoms with Gasteiger partial charge in [0.15, 0.2) is 0 Å². The fourth-order valence-electron chi connectivity index (χ4n) is 5.50. The molecule has 1 saturated heterocycles. The maximum atomic E-state index is 3.65. The van der Waals surface area contributed by atoms with Crippen molar-refractivity contribution in [2.45, 2.75) is 50.5 Å². The number of nitrogens with one attached hydrogen (secondary N) is 1. The molecule has 0 spiro atoms. The molecule has 2 nitrogen and oxygen atoms in total. The first-order chi connectivity index (χ1) is 12.6. The summed E-state index contributed by atoms with van der Waals surface area (Å²) in [6.07, 6.45) is 2.58. The van der Waals surface area contributed by atoms with Crippen molar-refractivity contribution in [2.24, 2.45) is 0 Å². The van der Waals surface area contributed by atoms with Crippen molar-refractivity contribution in [3.8, 4) is 11.1 Å². The van der Waals surface area contributed by atoms with Gasteiger partial charge in [0.25, 0.3) is 0 Å². The Hall–Kier alpha value is -1.45. The van der Waals surface area contributed by atoms with Gasteiger partial charge in [-0.3, -0.25) is 0 Å². The number of piperidine rings is 1. The molecule has 1 N–H and O–H groups in total. The molecule has 3 heteroatoms. The van der Waals surface area contributed by atoms with E-state index in [1.807, 2.05) is 0 Å². The van der Waals surface area contributed by atoms with Crippen molar-refractivity contribution in [1.29, 1.82) is 0 Å². The number of aryl methyl sites for hydroxylation is 3. The molecule has 3 aliphatic rings. The standard InChI is InChI=1S/C23H28N2S/c1-14-9-15(2)22(16(3)10-14)17-11-18-19-13-24-6-5-20(19)25-7-4-8-26-21(12-17)23(18)25/h9-12,19-20,24H,4-8,13H2,1-3H3. The van der Waals surface area contributed by atoms with Gasteiger partial charge in [-0.2, -0.15) is 0 Å². The van der Waals surface area contributed by atoms with Gasteiger partial charge in [0.05, 0.1) is 5.69 Å². The van der Waals surface area contributed by atoms with Crippen LogP contribution in [0.5, 0.6) is 0 Å². The van der Waals surface area contributed by atoms with Crippen molar-refractivity contribution in [3.63, 3.8) is 0 Å². The van der Waals surface area contributed by atoms with Crippen molar-refractivity contribution >= 4 is 17.4 Å². The van der Waals surface area contributed by atoms with E-state index in [1.165, 1.54) is 57.9 Å². The molecular formula is C23H28N2S. The average molecular weight is 365 g/mol. The van der Waals surface area contributed by atoms with E-state index >= 15 is 0 Å². The van der Waals surface area contributed by atoms with E-state index in [-0.39, 0.29) is 0 Å². The molecule has 0 aromatic heterocycles. The third-order valence-corrected chi connectivity index (χ3v) is 7.52. The summed E-state index contributed by atoms with van der Waals surface area (Å²) in [5, 5.41) is 3.65. The van der Waals surface area contributed by atoms with E-state index < -0.39 is 0 Å². The lowest BCUT2D eigenvalue weighted by molar-refractivity contribution is 0.403. The van der Waals surface area contributed by atoms with Crippen LogP contribution in [0, 0.1) is 20.8 Å². The zero-order valence-corrected chi connectivity index (χ0v) is 16.9. The molecular weight excluding hydrogens is 336 g/mol. The Labute approximate surface area is 161 Å². The van der Waals surface area contributed by atoms with Gasteiger partial charge < -0.3 is 10.2 Å². The Morgan fingerprint density at radius 2 is 1.88 bits per heavy atom. The van der Waals surface area contributed by atoms with E-state index in [2.05, 4.69) is 67.0 Å². The number of thioether (sulfide) groups is 1. The maximum Gasteiger partial charge on any atom is 0.0544 e. The highest BCUT2D eigenvalue weighted by Gasteiger charge is 2.41. The van der Waals surface area contributed by atoms with E-state index in [1.54, 1.807) is 11.3 Å². The molecule has 3 aliphatic heterocycles. The van der Waals surface area contributed by atoms with Crippen LogP contribution in [0.2, 0.25) is 0 Å². The van der Waals surface area contributed by atoms with Gasteiger partial charge in [0, 0.05) is 29.9 Å². The smallest absolute Gasteiger partial charge is 0.0544 e. The Morgan fingerprint density at radius 1 is 1.08 bits per heavy atom. The molecule has 0 aliphatic carbocycles. The molecule has 0 bridgehead atoms. The van der Waals surface area contributed by atoms with Gasteiger partial charge in [-0.1, -0.05) is 17.7 Å². The van der Waals surface area contributed by atoms with E-state index in [0.29, 0.717) is 12.0 Å². The van der Waals surface area contributed by atoms with Crippen LogP contribution in [-0.2, 0) is 0 Å². The van der Waals surface area contributed by atoms with Gasteiger partial charge in [-0.25, -0.2) is 0 Å². The predicted octanol–water partition coefficient (Wildman–Crippen LogP) is 5.04. The van der Waals surface area contributed by atoms with Crippen molar-refractivity contribution in [2.75, 3.05) is 30.3 Å². The fourth-order valence-corrected chi connectivity index (χ4v) is 6.58. The summed E-state index contributed by atoms with van der Waals surface area (Å²) in [4.78, 5) is 4.28. The molecule has 26 heavy (non-hydrogen) atoms. The maximum absolute atomic E-state index is 3.65. The van der Waals surface area contributed by atoms with Crippen molar-refractivity contribution in [3.05, 3.63) is 46.5 Å². The van der Waals surface area contributed by atoms with E-state index in [4.69, 9.17) is 0 Å². The minimum Gasteiger partial charge on any atom is -0.367 e. The Balaban J connectivity index is 1.71. The monoisotopic (exact) mass is 364 g/mol. The summed E-state index contributed by atoms with van der Waals surface area (Å²) in [6.45, 7) is 10.3. The van der Waals surface area contributed by atoms with Crippen LogP contribution in [0.15, 0.2) is 29.2 Å². The van der Waals surface area contributed by atoms with Gasteiger partial charge in [0.1, 0.15) is 0 Å².